The Kier molecular flexibility index (Phi) is 4.76. The molecule has 1 aliphatic heterocycles. The second-order valence-corrected chi connectivity index (χ2v) is 4.72. The summed E-state index contributed by atoms with van der Waals surface area (Å²) in [6.07, 6.45) is 0. The van der Waals surface area contributed by atoms with E-state index in [-0.39, 0.29) is 17.9 Å². The number of urea groups is 1. The van der Waals surface area contributed by atoms with Gasteiger partial charge in [-0.05, 0) is 19.4 Å². The minimum atomic E-state index is -1.08. The number of ether oxygens (including phenoxy) is 1. The molecule has 1 heterocycles. The van der Waals surface area contributed by atoms with E-state index in [2.05, 4.69) is 10.6 Å². The molecule has 1 aromatic rings. The van der Waals surface area contributed by atoms with Crippen molar-refractivity contribution in [3.8, 4) is 0 Å². The Labute approximate surface area is 126 Å². The van der Waals surface area contributed by atoms with E-state index in [9.17, 15) is 14.8 Å². The lowest BCUT2D eigenvalue weighted by atomic mass is 9.95. The molecular weight excluding hydrogens is 290 g/mol. The van der Waals surface area contributed by atoms with Crippen molar-refractivity contribution in [3.05, 3.63) is 46.3 Å². The highest BCUT2D eigenvalue weighted by Gasteiger charge is 2.32. The highest BCUT2D eigenvalue weighted by Crippen LogP contribution is 2.28. The number of nitrogens with one attached hydrogen (secondary N) is 3. The van der Waals surface area contributed by atoms with E-state index in [1.807, 2.05) is 0 Å². The maximum Gasteiger partial charge on any atom is 0.338 e. The molecule has 4 N–H and O–H groups in total. The SMILES string of the molecule is CCOC(=O)C1=C(C)NC(=O)N[C@H]1c1cccc([NH+]([O-])O)c1. The molecule has 0 fully saturated rings. The second kappa shape index (κ2) is 6.56. The van der Waals surface area contributed by atoms with E-state index >= 15 is 0 Å². The molecule has 2 amide bonds. The molecule has 22 heavy (non-hydrogen) atoms. The lowest BCUT2D eigenvalue weighted by Gasteiger charge is -2.28. The van der Waals surface area contributed by atoms with Crippen molar-refractivity contribution in [2.75, 3.05) is 6.61 Å². The van der Waals surface area contributed by atoms with Gasteiger partial charge in [-0.25, -0.2) is 14.8 Å². The van der Waals surface area contributed by atoms with Crippen LogP contribution in [0.4, 0.5) is 10.5 Å². The van der Waals surface area contributed by atoms with E-state index in [4.69, 9.17) is 9.94 Å². The van der Waals surface area contributed by atoms with Crippen molar-refractivity contribution in [1.82, 2.24) is 10.6 Å². The quantitative estimate of drug-likeness (QED) is 0.471. The zero-order chi connectivity index (χ0) is 16.3. The maximum atomic E-state index is 12.1. The van der Waals surface area contributed by atoms with E-state index in [0.717, 1.165) is 0 Å². The minimum Gasteiger partial charge on any atom is -0.595 e. The van der Waals surface area contributed by atoms with Crippen LogP contribution in [-0.2, 0) is 9.53 Å². The van der Waals surface area contributed by atoms with Crippen molar-refractivity contribution in [1.29, 1.82) is 0 Å². The zero-order valence-electron chi connectivity index (χ0n) is 12.2. The lowest BCUT2D eigenvalue weighted by molar-refractivity contribution is -0.991. The van der Waals surface area contributed by atoms with E-state index in [1.54, 1.807) is 26.0 Å². The highest BCUT2D eigenvalue weighted by atomic mass is 16.8. The van der Waals surface area contributed by atoms with Crippen LogP contribution in [0.1, 0.15) is 25.5 Å². The van der Waals surface area contributed by atoms with Crippen molar-refractivity contribution >= 4 is 17.7 Å². The first kappa shape index (κ1) is 16.0. The molecule has 2 atom stereocenters. The number of rotatable bonds is 4. The Bertz CT molecular complexity index is 627. The van der Waals surface area contributed by atoms with Gasteiger partial charge in [0.25, 0.3) is 0 Å². The van der Waals surface area contributed by atoms with Crippen LogP contribution >= 0.6 is 0 Å². The summed E-state index contributed by atoms with van der Waals surface area (Å²) < 4.78 is 5.01. The summed E-state index contributed by atoms with van der Waals surface area (Å²) in [6, 6.07) is 4.85. The van der Waals surface area contributed by atoms with E-state index in [0.29, 0.717) is 11.3 Å². The first-order valence-corrected chi connectivity index (χ1v) is 6.72. The Morgan fingerprint density at radius 1 is 1.50 bits per heavy atom. The van der Waals surface area contributed by atoms with Gasteiger partial charge in [-0.15, -0.1) is 0 Å². The van der Waals surface area contributed by atoms with Crippen LogP contribution < -0.4 is 15.9 Å². The van der Waals surface area contributed by atoms with Crippen LogP contribution in [0.2, 0.25) is 0 Å². The van der Waals surface area contributed by atoms with Crippen LogP contribution in [0.5, 0.6) is 0 Å². The van der Waals surface area contributed by atoms with Crippen molar-refractivity contribution in [2.45, 2.75) is 19.9 Å². The molecule has 0 saturated carbocycles. The summed E-state index contributed by atoms with van der Waals surface area (Å²) in [5, 5.41) is 24.2. The van der Waals surface area contributed by atoms with Gasteiger partial charge in [0.2, 0.25) is 0 Å². The summed E-state index contributed by atoms with van der Waals surface area (Å²) in [5.74, 6) is -0.557. The molecule has 0 spiro atoms. The normalized spacial score (nSPS) is 19.3. The first-order valence-electron chi connectivity index (χ1n) is 6.72. The Hall–Kier alpha value is -2.42. The second-order valence-electron chi connectivity index (χ2n) is 4.72. The van der Waals surface area contributed by atoms with Crippen LogP contribution in [0.15, 0.2) is 35.5 Å². The average Bonchev–Trinajstić information content (AvgIpc) is 2.46. The fourth-order valence-corrected chi connectivity index (χ4v) is 2.27. The molecule has 118 valence electrons. The third-order valence-electron chi connectivity index (χ3n) is 3.23. The van der Waals surface area contributed by atoms with Gasteiger partial charge in [-0.3, -0.25) is 0 Å². The molecule has 8 heteroatoms. The van der Waals surface area contributed by atoms with Gasteiger partial charge in [0.1, 0.15) is 0 Å². The van der Waals surface area contributed by atoms with E-state index in [1.165, 1.54) is 12.1 Å². The third-order valence-corrected chi connectivity index (χ3v) is 3.23. The maximum absolute atomic E-state index is 12.1. The number of hydrogen-bond acceptors (Lipinski definition) is 5. The molecule has 1 aliphatic rings. The molecule has 0 aromatic heterocycles. The van der Waals surface area contributed by atoms with Gasteiger partial charge in [0, 0.05) is 17.8 Å². The summed E-state index contributed by atoms with van der Waals surface area (Å²) in [6.45, 7) is 3.48. The zero-order valence-corrected chi connectivity index (χ0v) is 12.2. The predicted molar refractivity (Wildman–Crippen MR) is 76.0 cm³/mol. The lowest BCUT2D eigenvalue weighted by Crippen LogP contribution is -2.99. The first-order chi connectivity index (χ1) is 10.4. The average molecular weight is 307 g/mol. The van der Waals surface area contributed by atoms with Crippen molar-refractivity contribution < 1.29 is 24.8 Å². The molecule has 0 radical (unpaired) electrons. The highest BCUT2D eigenvalue weighted by molar-refractivity contribution is 5.95. The molecule has 0 saturated heterocycles. The number of carbonyl (C=O) groups is 2. The topological polar surface area (TPSA) is 115 Å². The van der Waals surface area contributed by atoms with Crippen LogP contribution in [0.25, 0.3) is 0 Å². The van der Waals surface area contributed by atoms with Crippen LogP contribution in [0, 0.1) is 5.21 Å². The number of benzene rings is 1. The van der Waals surface area contributed by atoms with E-state index < -0.39 is 23.3 Å². The molecular formula is C14H17N3O5. The Balaban J connectivity index is 2.45. The largest absolute Gasteiger partial charge is 0.595 e. The number of amides is 2. The van der Waals surface area contributed by atoms with Gasteiger partial charge in [-0.2, -0.15) is 5.23 Å². The molecule has 1 unspecified atom stereocenters. The number of hydrogen-bond donors (Lipinski definition) is 4. The van der Waals surface area contributed by atoms with Crippen molar-refractivity contribution in [3.63, 3.8) is 0 Å². The van der Waals surface area contributed by atoms with Crippen LogP contribution in [-0.4, -0.2) is 23.8 Å². The summed E-state index contributed by atoms with van der Waals surface area (Å²) in [5.41, 5.74) is 1.21. The van der Waals surface area contributed by atoms with Gasteiger partial charge < -0.3 is 20.6 Å². The molecule has 2 rings (SSSR count). The predicted octanol–water partition coefficient (Wildman–Crippen LogP) is 0.281. The summed E-state index contributed by atoms with van der Waals surface area (Å²) >= 11 is 0. The number of carbonyl (C=O) groups excluding carboxylic acids is 2. The Morgan fingerprint density at radius 2 is 2.23 bits per heavy atom. The summed E-state index contributed by atoms with van der Waals surface area (Å²) in [4.78, 5) is 23.8. The number of quaternary nitrogens is 1. The van der Waals surface area contributed by atoms with Gasteiger partial charge in [0.05, 0.1) is 18.2 Å². The fourth-order valence-electron chi connectivity index (χ4n) is 2.27. The minimum absolute atomic E-state index is 0.0751. The number of esters is 1. The molecule has 8 nitrogen and oxygen atoms in total. The molecule has 0 aliphatic carbocycles. The summed E-state index contributed by atoms with van der Waals surface area (Å²) in [7, 11) is 0. The molecule has 1 aromatic carbocycles. The van der Waals surface area contributed by atoms with Crippen LogP contribution in [0.3, 0.4) is 0 Å². The van der Waals surface area contributed by atoms with Gasteiger partial charge in [-0.1, -0.05) is 12.1 Å². The fraction of sp³-hybridized carbons (Fsp3) is 0.286. The monoisotopic (exact) mass is 307 g/mol. The number of allylic oxidation sites excluding steroid dienone is 1. The third kappa shape index (κ3) is 3.25. The smallest absolute Gasteiger partial charge is 0.338 e. The van der Waals surface area contributed by atoms with Crippen molar-refractivity contribution in [2.24, 2.45) is 0 Å². The van der Waals surface area contributed by atoms with Gasteiger partial charge in [0.15, 0.2) is 5.69 Å². The Morgan fingerprint density at radius 3 is 2.86 bits per heavy atom. The van der Waals surface area contributed by atoms with Gasteiger partial charge >= 0.3 is 12.0 Å². The standard InChI is InChI=1S/C14H17N3O5/c1-3-22-13(18)11-8(2)15-14(19)16-12(11)9-5-4-6-10(7-9)17(20)21/h4-7,12,17,20H,3H2,1-2H3,(H2,15,16,19)/t12-/m0/s1. The molecule has 0 bridgehead atoms.